The first-order valence-electron chi connectivity index (χ1n) is 45.6. The highest BCUT2D eigenvalue weighted by Crippen LogP contribution is 2.40. The standard InChI is InChI=1S/C93H179O3/c1-5-9-12-15-18-21-24-27-30-33-36-39-42-45-48-51-54-57-60-63-66-69-72-75-78-81-85-94-91-88-90(84-8-4)89-92(95-86-82-79-76-73-70-67-64-61-58-55-52-49-46-43-40-37-34-31-28-25-22-19-16-13-10-6-2)93(91)96-87-83-80-77-74-71-68-65-62-59-56-53-50-47-44-41-38-35-32-29-26-23-20-17-14-11-7-3/h88-89H,4-87H2,1-3H3. The number of benzene rings is 1. The maximum Gasteiger partial charge on any atom is 0.203 e. The van der Waals surface area contributed by atoms with Gasteiger partial charge in [0.15, 0.2) is 11.5 Å². The summed E-state index contributed by atoms with van der Waals surface area (Å²) in [4.78, 5) is 0. The maximum absolute atomic E-state index is 6.71. The number of rotatable bonds is 86. The van der Waals surface area contributed by atoms with Gasteiger partial charge in [-0.15, -0.1) is 0 Å². The highest BCUT2D eigenvalue weighted by molar-refractivity contribution is 5.54. The molecule has 96 heavy (non-hydrogen) atoms. The first-order chi connectivity index (χ1) is 47.8. The third-order valence-electron chi connectivity index (χ3n) is 21.8. The van der Waals surface area contributed by atoms with Crippen molar-refractivity contribution in [3.05, 3.63) is 24.6 Å². The van der Waals surface area contributed by atoms with E-state index >= 15 is 0 Å². The van der Waals surface area contributed by atoms with Crippen molar-refractivity contribution >= 4 is 0 Å². The fourth-order valence-electron chi connectivity index (χ4n) is 15.1. The van der Waals surface area contributed by atoms with Crippen LogP contribution < -0.4 is 14.2 Å². The molecule has 0 aliphatic rings. The third-order valence-corrected chi connectivity index (χ3v) is 21.8. The number of hydrogen-bond acceptors (Lipinski definition) is 3. The van der Waals surface area contributed by atoms with Crippen molar-refractivity contribution in [3.63, 3.8) is 0 Å². The van der Waals surface area contributed by atoms with E-state index in [0.717, 1.165) is 69.2 Å². The molecule has 0 heterocycles. The van der Waals surface area contributed by atoms with Gasteiger partial charge in [-0.3, -0.25) is 0 Å². The molecule has 0 aliphatic carbocycles. The molecule has 0 fully saturated rings. The molecule has 0 aliphatic heterocycles. The van der Waals surface area contributed by atoms with Crippen LogP contribution in [0.5, 0.6) is 17.2 Å². The van der Waals surface area contributed by atoms with Crippen LogP contribution in [0.15, 0.2) is 12.1 Å². The topological polar surface area (TPSA) is 27.7 Å². The number of ether oxygens (including phenoxy) is 3. The van der Waals surface area contributed by atoms with Crippen molar-refractivity contribution in [1.29, 1.82) is 0 Å². The summed E-state index contributed by atoms with van der Waals surface area (Å²) < 4.78 is 20.0. The van der Waals surface area contributed by atoms with Crippen LogP contribution in [-0.4, -0.2) is 19.8 Å². The molecule has 3 heteroatoms. The molecule has 3 nitrogen and oxygen atoms in total. The minimum Gasteiger partial charge on any atom is -0.490 e. The van der Waals surface area contributed by atoms with Crippen molar-refractivity contribution in [2.75, 3.05) is 19.8 Å². The highest BCUT2D eigenvalue weighted by Gasteiger charge is 2.17. The lowest BCUT2D eigenvalue weighted by Crippen LogP contribution is -2.07. The molecule has 1 radical (unpaired) electrons. The van der Waals surface area contributed by atoms with Gasteiger partial charge < -0.3 is 14.2 Å². The van der Waals surface area contributed by atoms with E-state index in [-0.39, 0.29) is 0 Å². The lowest BCUT2D eigenvalue weighted by molar-refractivity contribution is 0.234. The molecule has 1 aromatic rings. The fourth-order valence-corrected chi connectivity index (χ4v) is 15.1. The summed E-state index contributed by atoms with van der Waals surface area (Å²) in [5, 5.41) is 0. The van der Waals surface area contributed by atoms with Gasteiger partial charge in [0.1, 0.15) is 0 Å². The van der Waals surface area contributed by atoms with E-state index in [9.17, 15) is 0 Å². The average molecular weight is 1350 g/mol. The van der Waals surface area contributed by atoms with Crippen LogP contribution in [0.25, 0.3) is 0 Å². The number of unbranched alkanes of at least 4 members (excludes halogenated alkanes) is 75. The molecular weight excluding hydrogens is 1170 g/mol. The van der Waals surface area contributed by atoms with Gasteiger partial charge in [-0.2, -0.15) is 0 Å². The van der Waals surface area contributed by atoms with Crippen LogP contribution in [0.3, 0.4) is 0 Å². The fraction of sp³-hybridized carbons (Fsp3) is 0.925. The molecule has 0 saturated heterocycles. The van der Waals surface area contributed by atoms with Crippen LogP contribution in [0.2, 0.25) is 0 Å². The molecular formula is C93H179O3. The van der Waals surface area contributed by atoms with Crippen molar-refractivity contribution in [1.82, 2.24) is 0 Å². The molecule has 0 amide bonds. The van der Waals surface area contributed by atoms with Gasteiger partial charge in [-0.1, -0.05) is 509 Å². The summed E-state index contributed by atoms with van der Waals surface area (Å²) in [6.45, 7) is 13.4. The zero-order chi connectivity index (χ0) is 68.5. The third kappa shape index (κ3) is 71.0. The van der Waals surface area contributed by atoms with Crippen LogP contribution >= 0.6 is 0 Å². The van der Waals surface area contributed by atoms with Gasteiger partial charge in [0, 0.05) is 0 Å². The average Bonchev–Trinajstić information content (AvgIpc) is 0.929. The SMILES string of the molecule is [CH2]CCc1cc(OCCCCCCCCCCCCCCCCCCCCCCCCCCCC)c(OCCCCCCCCCCCCCCCCCCCCCCCCCCCC)c(OCCCCCCCCCCCCCCCCCCCCCCCCCCCC)c1. The molecule has 0 unspecified atom stereocenters. The Morgan fingerprint density at radius 2 is 0.323 bits per heavy atom. The summed E-state index contributed by atoms with van der Waals surface area (Å²) >= 11 is 0. The summed E-state index contributed by atoms with van der Waals surface area (Å²) in [7, 11) is 0. The Balaban J connectivity index is 2.33. The monoisotopic (exact) mass is 1340 g/mol. The van der Waals surface area contributed by atoms with Crippen LogP contribution in [0.1, 0.15) is 534 Å². The Morgan fingerprint density at radius 1 is 0.188 bits per heavy atom. The molecule has 569 valence electrons. The summed E-state index contributed by atoms with van der Waals surface area (Å²) in [6.07, 6.45) is 113. The predicted molar refractivity (Wildman–Crippen MR) is 434 cm³/mol. The Morgan fingerprint density at radius 3 is 0.469 bits per heavy atom. The zero-order valence-corrected chi connectivity index (χ0v) is 66.8. The van der Waals surface area contributed by atoms with Gasteiger partial charge in [0.2, 0.25) is 5.75 Å². The van der Waals surface area contributed by atoms with E-state index in [2.05, 4.69) is 39.8 Å². The quantitative estimate of drug-likeness (QED) is 0.0609. The Labute approximate surface area is 607 Å². The van der Waals surface area contributed by atoms with E-state index in [1.54, 1.807) is 0 Å². The molecule has 0 bridgehead atoms. The van der Waals surface area contributed by atoms with Gasteiger partial charge in [0.05, 0.1) is 19.8 Å². The normalized spacial score (nSPS) is 11.7. The number of aryl methyl sites for hydroxylation is 1. The van der Waals surface area contributed by atoms with Crippen LogP contribution in [0.4, 0.5) is 0 Å². The second-order valence-corrected chi connectivity index (χ2v) is 31.6. The minimum atomic E-state index is 0.736. The smallest absolute Gasteiger partial charge is 0.203 e. The molecule has 0 aromatic heterocycles. The van der Waals surface area contributed by atoms with Crippen molar-refractivity contribution in [2.45, 2.75) is 534 Å². The minimum absolute atomic E-state index is 0.736. The van der Waals surface area contributed by atoms with Crippen molar-refractivity contribution in [2.24, 2.45) is 0 Å². The van der Waals surface area contributed by atoms with Gasteiger partial charge >= 0.3 is 0 Å². The van der Waals surface area contributed by atoms with E-state index < -0.39 is 0 Å². The summed E-state index contributed by atoms with van der Waals surface area (Å²) in [6, 6.07) is 4.49. The maximum atomic E-state index is 6.71. The zero-order valence-electron chi connectivity index (χ0n) is 66.8. The highest BCUT2D eigenvalue weighted by atomic mass is 16.5. The molecule has 0 saturated carbocycles. The van der Waals surface area contributed by atoms with Gasteiger partial charge in [0.25, 0.3) is 0 Å². The molecule has 0 N–H and O–H groups in total. The number of hydrogen-bond donors (Lipinski definition) is 0. The summed E-state index contributed by atoms with van der Waals surface area (Å²) in [5.74, 6) is 2.65. The second-order valence-electron chi connectivity index (χ2n) is 31.6. The molecule has 1 rings (SSSR count). The molecule has 1 aromatic carbocycles. The summed E-state index contributed by atoms with van der Waals surface area (Å²) in [5.41, 5.74) is 1.26. The largest absolute Gasteiger partial charge is 0.490 e. The first-order valence-corrected chi connectivity index (χ1v) is 45.6. The van der Waals surface area contributed by atoms with E-state index in [1.165, 1.54) is 487 Å². The Hall–Kier alpha value is -1.38. The van der Waals surface area contributed by atoms with E-state index in [1.807, 2.05) is 0 Å². The van der Waals surface area contributed by atoms with Crippen LogP contribution in [-0.2, 0) is 6.42 Å². The van der Waals surface area contributed by atoms with E-state index in [0.29, 0.717) is 0 Å². The Bertz CT molecular complexity index is 1470. The predicted octanol–water partition coefficient (Wildman–Crippen LogP) is 34.1. The van der Waals surface area contributed by atoms with Crippen molar-refractivity contribution in [3.8, 4) is 17.2 Å². The first kappa shape index (κ1) is 92.6. The van der Waals surface area contributed by atoms with Crippen LogP contribution in [0, 0.1) is 6.92 Å². The van der Waals surface area contributed by atoms with E-state index in [4.69, 9.17) is 14.2 Å². The molecule has 0 atom stereocenters. The lowest BCUT2D eigenvalue weighted by atomic mass is 10.0. The lowest BCUT2D eigenvalue weighted by Gasteiger charge is -2.19. The Kier molecular flexibility index (Phi) is 79.7. The second kappa shape index (κ2) is 82.6. The van der Waals surface area contributed by atoms with Gasteiger partial charge in [-0.05, 0) is 49.8 Å². The van der Waals surface area contributed by atoms with Gasteiger partial charge in [-0.25, -0.2) is 0 Å². The van der Waals surface area contributed by atoms with Crippen molar-refractivity contribution < 1.29 is 14.2 Å². The molecule has 0 spiro atoms.